The highest BCUT2D eigenvalue weighted by Gasteiger charge is 2.24. The number of rotatable bonds is 4. The Morgan fingerprint density at radius 2 is 1.70 bits per heavy atom. The highest BCUT2D eigenvalue weighted by Crippen LogP contribution is 2.27. The van der Waals surface area contributed by atoms with Crippen molar-refractivity contribution in [3.8, 4) is 0 Å². The summed E-state index contributed by atoms with van der Waals surface area (Å²) in [5.41, 5.74) is 0.132. The van der Waals surface area contributed by atoms with Crippen LogP contribution in [-0.4, -0.2) is 10.7 Å². The van der Waals surface area contributed by atoms with Crippen LogP contribution >= 0.6 is 23.2 Å². The lowest BCUT2D eigenvalue weighted by Gasteiger charge is -2.24. The van der Waals surface area contributed by atoms with Gasteiger partial charge in [0.1, 0.15) is 5.82 Å². The van der Waals surface area contributed by atoms with Gasteiger partial charge < -0.3 is 5.11 Å². The Balaban J connectivity index is 2.19. The molecule has 0 heterocycles. The summed E-state index contributed by atoms with van der Waals surface area (Å²) in [7, 11) is 0. The molecule has 0 saturated heterocycles. The molecule has 0 bridgehead atoms. The largest absolute Gasteiger partial charge is 0.389 e. The molecule has 0 spiro atoms. The van der Waals surface area contributed by atoms with Crippen molar-refractivity contribution >= 4 is 23.2 Å². The van der Waals surface area contributed by atoms with Crippen LogP contribution < -0.4 is 0 Å². The first-order chi connectivity index (χ1) is 9.37. The maximum Gasteiger partial charge on any atom is 0.126 e. The first-order valence-corrected chi connectivity index (χ1v) is 7.03. The quantitative estimate of drug-likeness (QED) is 0.870. The van der Waals surface area contributed by atoms with Crippen molar-refractivity contribution in [2.24, 2.45) is 0 Å². The van der Waals surface area contributed by atoms with Gasteiger partial charge in [0, 0.05) is 22.9 Å². The van der Waals surface area contributed by atoms with E-state index in [2.05, 4.69) is 0 Å². The molecule has 2 aromatic carbocycles. The summed E-state index contributed by atoms with van der Waals surface area (Å²) < 4.78 is 13.6. The van der Waals surface area contributed by atoms with E-state index in [0.717, 1.165) is 5.56 Å². The monoisotopic (exact) mass is 312 g/mol. The molecule has 0 aliphatic rings. The Bertz CT molecular complexity index is 611. The second kappa shape index (κ2) is 6.13. The molecule has 0 aromatic heterocycles. The second-order valence-electron chi connectivity index (χ2n) is 5.18. The minimum Gasteiger partial charge on any atom is -0.389 e. The Morgan fingerprint density at radius 3 is 2.40 bits per heavy atom. The number of benzene rings is 2. The lowest BCUT2D eigenvalue weighted by molar-refractivity contribution is 0.0599. The van der Waals surface area contributed by atoms with Crippen LogP contribution in [0.4, 0.5) is 4.39 Å². The van der Waals surface area contributed by atoms with E-state index < -0.39 is 5.60 Å². The molecule has 4 heteroatoms. The molecule has 1 N–H and O–H groups in total. The molecule has 0 aliphatic heterocycles. The Kier molecular flexibility index (Phi) is 4.69. The van der Waals surface area contributed by atoms with Crippen LogP contribution in [0.1, 0.15) is 18.1 Å². The van der Waals surface area contributed by atoms with Gasteiger partial charge in [-0.2, -0.15) is 0 Å². The number of hydrogen-bond donors (Lipinski definition) is 1. The fourth-order valence-electron chi connectivity index (χ4n) is 2.20. The molecular weight excluding hydrogens is 298 g/mol. The third kappa shape index (κ3) is 3.95. The highest BCUT2D eigenvalue weighted by atomic mass is 35.5. The van der Waals surface area contributed by atoms with Gasteiger partial charge in [-0.25, -0.2) is 4.39 Å². The van der Waals surface area contributed by atoms with Gasteiger partial charge in [0.2, 0.25) is 0 Å². The van der Waals surface area contributed by atoms with E-state index in [-0.39, 0.29) is 12.2 Å². The van der Waals surface area contributed by atoms with Gasteiger partial charge in [0.05, 0.1) is 5.60 Å². The molecule has 1 unspecified atom stereocenters. The topological polar surface area (TPSA) is 20.2 Å². The predicted molar refractivity (Wildman–Crippen MR) is 80.9 cm³/mol. The van der Waals surface area contributed by atoms with E-state index in [1.54, 1.807) is 43.3 Å². The molecule has 2 aromatic rings. The van der Waals surface area contributed by atoms with Gasteiger partial charge in [-0.05, 0) is 42.3 Å². The zero-order valence-corrected chi connectivity index (χ0v) is 12.5. The highest BCUT2D eigenvalue weighted by molar-refractivity contribution is 6.33. The fourth-order valence-corrected chi connectivity index (χ4v) is 2.58. The molecule has 1 nitrogen and oxygen atoms in total. The first-order valence-electron chi connectivity index (χ1n) is 6.27. The minimum absolute atomic E-state index is 0.211. The summed E-state index contributed by atoms with van der Waals surface area (Å²) in [6.45, 7) is 1.66. The van der Waals surface area contributed by atoms with Crippen molar-refractivity contribution in [3.63, 3.8) is 0 Å². The van der Waals surface area contributed by atoms with Crippen LogP contribution in [0.2, 0.25) is 10.0 Å². The van der Waals surface area contributed by atoms with E-state index in [1.165, 1.54) is 6.07 Å². The van der Waals surface area contributed by atoms with Gasteiger partial charge in [-0.3, -0.25) is 0 Å². The fraction of sp³-hybridized carbons (Fsp3) is 0.250. The van der Waals surface area contributed by atoms with E-state index in [0.29, 0.717) is 22.0 Å². The van der Waals surface area contributed by atoms with E-state index in [1.807, 2.05) is 0 Å². The molecule has 1 atom stereocenters. The lowest BCUT2D eigenvalue weighted by atomic mass is 9.89. The summed E-state index contributed by atoms with van der Waals surface area (Å²) in [4.78, 5) is 0. The summed E-state index contributed by atoms with van der Waals surface area (Å²) in [6, 6.07) is 11.5. The smallest absolute Gasteiger partial charge is 0.126 e. The standard InChI is InChI=1S/C16H15Cl2FO/c1-16(20,9-11-4-2-3-5-15(11)19)10-12-8-13(17)6-7-14(12)18/h2-8,20H,9-10H2,1H3. The third-order valence-corrected chi connectivity index (χ3v) is 3.71. The Morgan fingerprint density at radius 1 is 1.05 bits per heavy atom. The number of halogens is 3. The third-order valence-electron chi connectivity index (χ3n) is 3.11. The summed E-state index contributed by atoms with van der Waals surface area (Å²) in [6.07, 6.45) is 0.517. The lowest BCUT2D eigenvalue weighted by Crippen LogP contribution is -2.30. The molecule has 0 amide bonds. The molecule has 0 fully saturated rings. The van der Waals surface area contributed by atoms with Gasteiger partial charge in [-0.15, -0.1) is 0 Å². The minimum atomic E-state index is -1.10. The zero-order chi connectivity index (χ0) is 14.8. The molecule has 0 radical (unpaired) electrons. The molecule has 0 saturated carbocycles. The average Bonchev–Trinajstić information content (AvgIpc) is 2.36. The molecule has 0 aliphatic carbocycles. The Labute approximate surface area is 128 Å². The van der Waals surface area contributed by atoms with Gasteiger partial charge in [0.15, 0.2) is 0 Å². The van der Waals surface area contributed by atoms with E-state index >= 15 is 0 Å². The Hall–Kier alpha value is -1.09. The van der Waals surface area contributed by atoms with Crippen LogP contribution in [0.3, 0.4) is 0 Å². The number of aliphatic hydroxyl groups is 1. The maximum atomic E-state index is 13.6. The molecule has 20 heavy (non-hydrogen) atoms. The van der Waals surface area contributed by atoms with Gasteiger partial charge >= 0.3 is 0 Å². The van der Waals surface area contributed by atoms with Crippen LogP contribution in [0.25, 0.3) is 0 Å². The predicted octanol–water partition coefficient (Wildman–Crippen LogP) is 4.67. The van der Waals surface area contributed by atoms with Crippen molar-refractivity contribution in [2.75, 3.05) is 0 Å². The van der Waals surface area contributed by atoms with Crippen LogP contribution in [0.5, 0.6) is 0 Å². The van der Waals surface area contributed by atoms with E-state index in [9.17, 15) is 9.50 Å². The normalized spacial score (nSPS) is 14.1. The second-order valence-corrected chi connectivity index (χ2v) is 6.02. The van der Waals surface area contributed by atoms with Gasteiger partial charge in [-0.1, -0.05) is 41.4 Å². The van der Waals surface area contributed by atoms with Crippen molar-refractivity contribution in [2.45, 2.75) is 25.4 Å². The van der Waals surface area contributed by atoms with Crippen molar-refractivity contribution in [1.82, 2.24) is 0 Å². The van der Waals surface area contributed by atoms with Gasteiger partial charge in [0.25, 0.3) is 0 Å². The molecular formula is C16H15Cl2FO. The van der Waals surface area contributed by atoms with Crippen LogP contribution in [0.15, 0.2) is 42.5 Å². The number of hydrogen-bond acceptors (Lipinski definition) is 1. The van der Waals surface area contributed by atoms with Crippen molar-refractivity contribution in [1.29, 1.82) is 0 Å². The maximum absolute atomic E-state index is 13.6. The van der Waals surface area contributed by atoms with Crippen LogP contribution in [-0.2, 0) is 12.8 Å². The molecule has 106 valence electrons. The SMILES string of the molecule is CC(O)(Cc1ccccc1F)Cc1cc(Cl)ccc1Cl. The first kappa shape index (κ1) is 15.3. The summed E-state index contributed by atoms with van der Waals surface area (Å²) >= 11 is 12.0. The summed E-state index contributed by atoms with van der Waals surface area (Å²) in [5, 5.41) is 11.6. The zero-order valence-electron chi connectivity index (χ0n) is 11.0. The van der Waals surface area contributed by atoms with Crippen molar-refractivity contribution in [3.05, 3.63) is 69.5 Å². The van der Waals surface area contributed by atoms with E-state index in [4.69, 9.17) is 23.2 Å². The van der Waals surface area contributed by atoms with Crippen LogP contribution in [0, 0.1) is 5.82 Å². The molecule has 2 rings (SSSR count). The average molecular weight is 313 g/mol. The summed E-state index contributed by atoms with van der Waals surface area (Å²) in [5.74, 6) is -0.315. The van der Waals surface area contributed by atoms with Crippen molar-refractivity contribution < 1.29 is 9.50 Å².